The van der Waals surface area contributed by atoms with Gasteiger partial charge in [0.1, 0.15) is 0 Å². The Morgan fingerprint density at radius 2 is 1.61 bits per heavy atom. The highest BCUT2D eigenvalue weighted by Crippen LogP contribution is 2.26. The summed E-state index contributed by atoms with van der Waals surface area (Å²) in [5.74, 6) is 0.339. The average Bonchev–Trinajstić information content (AvgIpc) is 3.30. The molecule has 136 valence electrons. The number of nitrogens with one attached hydrogen (secondary N) is 3. The van der Waals surface area contributed by atoms with E-state index in [1.165, 1.54) is 0 Å². The minimum Gasteiger partial charge on any atom is -0.337 e. The molecule has 0 bridgehead atoms. The maximum atomic E-state index is 12.2. The van der Waals surface area contributed by atoms with Crippen molar-refractivity contribution in [1.82, 2.24) is 20.3 Å². The molecule has 0 saturated carbocycles. The highest BCUT2D eigenvalue weighted by Gasteiger charge is 2.25. The Morgan fingerprint density at radius 3 is 2.43 bits per heavy atom. The number of benzene rings is 2. The number of nitrogens with zero attached hydrogens (tertiary/aromatic N) is 5. The van der Waals surface area contributed by atoms with Gasteiger partial charge < -0.3 is 10.6 Å². The summed E-state index contributed by atoms with van der Waals surface area (Å²) in [6, 6.07) is 16.7. The average molecular weight is 372 g/mol. The summed E-state index contributed by atoms with van der Waals surface area (Å²) < 4.78 is 4.69. The first-order valence-electron chi connectivity index (χ1n) is 8.35. The molecule has 0 radical (unpaired) electrons. The van der Waals surface area contributed by atoms with Crippen molar-refractivity contribution in [2.75, 3.05) is 16.1 Å². The molecule has 1 aliphatic heterocycles. The van der Waals surface area contributed by atoms with Crippen molar-refractivity contribution in [2.45, 2.75) is 0 Å². The first-order valence-corrected chi connectivity index (χ1v) is 8.35. The number of hydrogen-bond acceptors (Lipinski definition) is 9. The number of fused-ring (bicyclic) bond motifs is 2. The summed E-state index contributed by atoms with van der Waals surface area (Å²) in [6.45, 7) is 0. The van der Waals surface area contributed by atoms with Crippen molar-refractivity contribution in [3.05, 3.63) is 60.2 Å². The second-order valence-corrected chi connectivity index (χ2v) is 5.90. The summed E-state index contributed by atoms with van der Waals surface area (Å²) in [7, 11) is 0. The molecular weight excluding hydrogens is 360 g/mol. The third-order valence-electron chi connectivity index (χ3n) is 4.07. The standard InChI is InChI=1S/C18H12N8O2/c27-18-13(11-8-4-5-9-12(11)20-18)23-24-15-14(19-10-6-2-1-3-7-10)21-16-17(22-15)26-28-25-16/h1-9H,(H,19,21,25)(H,20,23,27)(H,22,24,26). The Kier molecular flexibility index (Phi) is 3.65. The van der Waals surface area contributed by atoms with Crippen LogP contribution in [0.5, 0.6) is 0 Å². The van der Waals surface area contributed by atoms with E-state index in [0.29, 0.717) is 17.1 Å². The van der Waals surface area contributed by atoms with Crippen LogP contribution in [-0.2, 0) is 4.79 Å². The molecule has 2 aromatic heterocycles. The lowest BCUT2D eigenvalue weighted by Crippen LogP contribution is -2.16. The molecule has 5 rings (SSSR count). The van der Waals surface area contributed by atoms with Crippen molar-refractivity contribution in [3.63, 3.8) is 0 Å². The third-order valence-corrected chi connectivity index (χ3v) is 4.07. The van der Waals surface area contributed by atoms with Crippen LogP contribution in [0.25, 0.3) is 11.3 Å². The number of aromatic nitrogens is 4. The fraction of sp³-hybridized carbons (Fsp3) is 0. The Balaban J connectivity index is 1.53. The Labute approximate surface area is 157 Å². The van der Waals surface area contributed by atoms with Gasteiger partial charge in [-0.25, -0.2) is 9.61 Å². The van der Waals surface area contributed by atoms with E-state index in [2.05, 4.69) is 46.1 Å². The lowest BCUT2D eigenvalue weighted by Gasteiger charge is -2.09. The molecule has 2 aromatic carbocycles. The second kappa shape index (κ2) is 6.43. The van der Waals surface area contributed by atoms with Crippen molar-refractivity contribution < 1.29 is 9.42 Å². The van der Waals surface area contributed by atoms with Gasteiger partial charge in [-0.2, -0.15) is 10.1 Å². The number of hydrazone groups is 1. The predicted molar refractivity (Wildman–Crippen MR) is 102 cm³/mol. The molecule has 4 aromatic rings. The molecule has 0 aliphatic carbocycles. The summed E-state index contributed by atoms with van der Waals surface area (Å²) in [4.78, 5) is 20.9. The van der Waals surface area contributed by atoms with E-state index >= 15 is 0 Å². The normalized spacial score (nSPS) is 14.1. The van der Waals surface area contributed by atoms with E-state index in [-0.39, 0.29) is 28.7 Å². The molecule has 28 heavy (non-hydrogen) atoms. The molecular formula is C18H12N8O2. The number of hydrogen-bond donors (Lipinski definition) is 3. The lowest BCUT2D eigenvalue weighted by molar-refractivity contribution is -0.110. The smallest absolute Gasteiger partial charge is 0.276 e. The maximum Gasteiger partial charge on any atom is 0.276 e. The quantitative estimate of drug-likeness (QED) is 0.466. The molecule has 3 heterocycles. The van der Waals surface area contributed by atoms with Crippen LogP contribution in [0.1, 0.15) is 5.56 Å². The molecule has 0 atom stereocenters. The summed E-state index contributed by atoms with van der Waals surface area (Å²) >= 11 is 0. The van der Waals surface area contributed by atoms with E-state index in [1.807, 2.05) is 54.6 Å². The van der Waals surface area contributed by atoms with Gasteiger partial charge in [-0.3, -0.25) is 10.2 Å². The third kappa shape index (κ3) is 2.78. The molecule has 1 amide bonds. The van der Waals surface area contributed by atoms with Gasteiger partial charge in [0.15, 0.2) is 17.3 Å². The van der Waals surface area contributed by atoms with Crippen molar-refractivity contribution in [3.8, 4) is 0 Å². The zero-order valence-corrected chi connectivity index (χ0v) is 14.2. The van der Waals surface area contributed by atoms with Gasteiger partial charge in [-0.05, 0) is 28.5 Å². The number of rotatable bonds is 4. The minimum absolute atomic E-state index is 0.220. The van der Waals surface area contributed by atoms with Crippen LogP contribution in [0, 0.1) is 0 Å². The molecule has 3 N–H and O–H groups in total. The van der Waals surface area contributed by atoms with Crippen LogP contribution >= 0.6 is 0 Å². The highest BCUT2D eigenvalue weighted by molar-refractivity contribution is 6.53. The fourth-order valence-electron chi connectivity index (χ4n) is 2.78. The Morgan fingerprint density at radius 1 is 0.893 bits per heavy atom. The van der Waals surface area contributed by atoms with Gasteiger partial charge in [0.05, 0.1) is 5.69 Å². The summed E-state index contributed by atoms with van der Waals surface area (Å²) in [5.41, 5.74) is 5.74. The number of para-hydroxylation sites is 2. The molecule has 0 spiro atoms. The van der Waals surface area contributed by atoms with E-state index < -0.39 is 0 Å². The topological polar surface area (TPSA) is 130 Å². The van der Waals surface area contributed by atoms with Crippen LogP contribution in [-0.4, -0.2) is 31.9 Å². The zero-order chi connectivity index (χ0) is 18.9. The van der Waals surface area contributed by atoms with E-state index in [0.717, 1.165) is 5.69 Å². The molecule has 10 nitrogen and oxygen atoms in total. The van der Waals surface area contributed by atoms with Gasteiger partial charge in [0.25, 0.3) is 5.91 Å². The first-order chi connectivity index (χ1) is 13.8. The number of carbonyl (C=O) groups excluding carboxylic acids is 1. The maximum absolute atomic E-state index is 12.2. The van der Waals surface area contributed by atoms with E-state index in [1.54, 1.807) is 0 Å². The van der Waals surface area contributed by atoms with E-state index in [9.17, 15) is 4.79 Å². The van der Waals surface area contributed by atoms with Crippen LogP contribution in [0.4, 0.5) is 23.0 Å². The highest BCUT2D eigenvalue weighted by atomic mass is 16.6. The van der Waals surface area contributed by atoms with Crippen molar-refractivity contribution in [1.29, 1.82) is 0 Å². The fourth-order valence-corrected chi connectivity index (χ4v) is 2.78. The predicted octanol–water partition coefficient (Wildman–Crippen LogP) is 2.52. The SMILES string of the molecule is O=C1Nc2ccccc2/C1=N/Nc1nc2nonc2nc1Nc1ccccc1. The van der Waals surface area contributed by atoms with Crippen molar-refractivity contribution >= 4 is 45.9 Å². The number of carbonyl (C=O) groups is 1. The minimum atomic E-state index is -0.302. The summed E-state index contributed by atoms with van der Waals surface area (Å²) in [5, 5.41) is 17.6. The van der Waals surface area contributed by atoms with Crippen molar-refractivity contribution in [2.24, 2.45) is 5.10 Å². The lowest BCUT2D eigenvalue weighted by atomic mass is 10.1. The largest absolute Gasteiger partial charge is 0.337 e. The van der Waals surface area contributed by atoms with Gasteiger partial charge in [0.2, 0.25) is 11.3 Å². The second-order valence-electron chi connectivity index (χ2n) is 5.90. The van der Waals surface area contributed by atoms with Gasteiger partial charge in [-0.15, -0.1) is 0 Å². The first kappa shape index (κ1) is 15.9. The van der Waals surface area contributed by atoms with Crippen LogP contribution in [0.15, 0.2) is 64.3 Å². The van der Waals surface area contributed by atoms with E-state index in [4.69, 9.17) is 0 Å². The number of anilines is 4. The Bertz CT molecular complexity index is 1220. The molecule has 0 unspecified atom stereocenters. The van der Waals surface area contributed by atoms with Crippen LogP contribution < -0.4 is 16.1 Å². The van der Waals surface area contributed by atoms with Gasteiger partial charge >= 0.3 is 0 Å². The molecule has 0 fully saturated rings. The zero-order valence-electron chi connectivity index (χ0n) is 14.2. The monoisotopic (exact) mass is 372 g/mol. The Hall–Kier alpha value is -4.34. The molecule has 0 saturated heterocycles. The summed E-state index contributed by atoms with van der Waals surface area (Å²) in [6.07, 6.45) is 0. The van der Waals surface area contributed by atoms with Crippen LogP contribution in [0.2, 0.25) is 0 Å². The van der Waals surface area contributed by atoms with Gasteiger partial charge in [-0.1, -0.05) is 36.4 Å². The number of amides is 1. The molecule has 1 aliphatic rings. The van der Waals surface area contributed by atoms with Gasteiger partial charge in [0, 0.05) is 11.3 Å². The molecule has 10 heteroatoms. The van der Waals surface area contributed by atoms with Crippen LogP contribution in [0.3, 0.4) is 0 Å².